The Bertz CT molecular complexity index is 858. The lowest BCUT2D eigenvalue weighted by Crippen LogP contribution is -2.36. The summed E-state index contributed by atoms with van der Waals surface area (Å²) >= 11 is 0. The first-order chi connectivity index (χ1) is 12.2. The van der Waals surface area contributed by atoms with Crippen molar-refractivity contribution in [2.45, 2.75) is 39.8 Å². The van der Waals surface area contributed by atoms with Crippen LogP contribution in [0.1, 0.15) is 42.3 Å². The summed E-state index contributed by atoms with van der Waals surface area (Å²) in [5, 5.41) is 0. The van der Waals surface area contributed by atoms with E-state index in [1.807, 2.05) is 44.2 Å². The Hall–Kier alpha value is -2.34. The van der Waals surface area contributed by atoms with E-state index in [1.165, 1.54) is 5.56 Å². The quantitative estimate of drug-likeness (QED) is 0.693. The first kappa shape index (κ1) is 20.0. The van der Waals surface area contributed by atoms with Crippen molar-refractivity contribution in [3.05, 3.63) is 65.2 Å². The highest BCUT2D eigenvalue weighted by Crippen LogP contribution is 2.19. The number of aryl methyl sites for hydroxylation is 1. The van der Waals surface area contributed by atoms with Gasteiger partial charge in [0.15, 0.2) is 0 Å². The molecular formula is C20H25NO4S. The average Bonchev–Trinajstić information content (AvgIpc) is 2.58. The van der Waals surface area contributed by atoms with Gasteiger partial charge in [0.25, 0.3) is 5.91 Å². The van der Waals surface area contributed by atoms with Crippen LogP contribution in [0.3, 0.4) is 0 Å². The molecule has 2 aromatic carbocycles. The van der Waals surface area contributed by atoms with Crippen LogP contribution in [0.2, 0.25) is 0 Å². The second-order valence-electron chi connectivity index (χ2n) is 6.51. The molecule has 0 radical (unpaired) electrons. The Morgan fingerprint density at radius 1 is 1.08 bits per heavy atom. The van der Waals surface area contributed by atoms with Gasteiger partial charge in [-0.05, 0) is 55.7 Å². The number of benzene rings is 2. The van der Waals surface area contributed by atoms with Crippen LogP contribution in [-0.2, 0) is 23.1 Å². The number of rotatable bonds is 7. The average molecular weight is 375 g/mol. The van der Waals surface area contributed by atoms with Crippen molar-refractivity contribution in [2.24, 2.45) is 0 Å². The minimum atomic E-state index is -3.59. The third-order valence-corrected chi connectivity index (χ3v) is 4.49. The number of nitrogens with zero attached hydrogens (tertiary/aromatic N) is 1. The molecule has 0 N–H and O–H groups in total. The maximum Gasteiger partial charge on any atom is 0.306 e. The summed E-state index contributed by atoms with van der Waals surface area (Å²) in [5.41, 5.74) is 2.63. The first-order valence-corrected chi connectivity index (χ1v) is 10.4. The van der Waals surface area contributed by atoms with Crippen LogP contribution in [0.5, 0.6) is 5.75 Å². The van der Waals surface area contributed by atoms with E-state index in [4.69, 9.17) is 4.18 Å². The van der Waals surface area contributed by atoms with Gasteiger partial charge in [0.05, 0.1) is 6.26 Å². The van der Waals surface area contributed by atoms with Crippen molar-refractivity contribution in [1.82, 2.24) is 4.90 Å². The highest BCUT2D eigenvalue weighted by molar-refractivity contribution is 7.86. The van der Waals surface area contributed by atoms with E-state index in [0.29, 0.717) is 12.1 Å². The van der Waals surface area contributed by atoms with E-state index in [-0.39, 0.29) is 17.7 Å². The third-order valence-electron chi connectivity index (χ3n) is 3.99. The zero-order valence-corrected chi connectivity index (χ0v) is 16.4. The highest BCUT2D eigenvalue weighted by atomic mass is 32.2. The molecule has 0 fully saturated rings. The molecule has 6 heteroatoms. The number of carbonyl (C=O) groups is 1. The summed E-state index contributed by atoms with van der Waals surface area (Å²) in [4.78, 5) is 14.7. The fraction of sp³-hybridized carbons (Fsp3) is 0.350. The Morgan fingerprint density at radius 2 is 1.73 bits per heavy atom. The van der Waals surface area contributed by atoms with Gasteiger partial charge in [-0.2, -0.15) is 8.42 Å². The van der Waals surface area contributed by atoms with E-state index in [2.05, 4.69) is 6.92 Å². The maximum atomic E-state index is 12.9. The van der Waals surface area contributed by atoms with Crippen LogP contribution < -0.4 is 4.18 Å². The predicted octanol–water partition coefficient (Wildman–Crippen LogP) is 3.64. The number of hydrogen-bond donors (Lipinski definition) is 0. The molecule has 2 rings (SSSR count). The van der Waals surface area contributed by atoms with Crippen molar-refractivity contribution in [3.8, 4) is 5.75 Å². The summed E-state index contributed by atoms with van der Waals surface area (Å²) in [7, 11) is -3.59. The molecule has 140 valence electrons. The Kier molecular flexibility index (Phi) is 6.42. The van der Waals surface area contributed by atoms with Gasteiger partial charge >= 0.3 is 10.1 Å². The molecule has 0 saturated heterocycles. The monoisotopic (exact) mass is 375 g/mol. The van der Waals surface area contributed by atoms with E-state index in [0.717, 1.165) is 18.2 Å². The minimum absolute atomic E-state index is 0.00664. The molecule has 0 saturated carbocycles. The molecule has 0 aliphatic carbocycles. The number of amides is 1. The number of carbonyl (C=O) groups excluding carboxylic acids is 1. The van der Waals surface area contributed by atoms with E-state index in [9.17, 15) is 13.2 Å². The summed E-state index contributed by atoms with van der Waals surface area (Å²) in [5.74, 6) is 0.186. The lowest BCUT2D eigenvalue weighted by molar-refractivity contribution is 0.0690. The van der Waals surface area contributed by atoms with Gasteiger partial charge in [0.2, 0.25) is 0 Å². The van der Waals surface area contributed by atoms with E-state index in [1.54, 1.807) is 23.1 Å². The van der Waals surface area contributed by atoms with Crippen molar-refractivity contribution in [2.75, 3.05) is 6.26 Å². The molecule has 2 aromatic rings. The minimum Gasteiger partial charge on any atom is -0.383 e. The van der Waals surface area contributed by atoms with Crippen LogP contribution in [0.15, 0.2) is 48.5 Å². The molecule has 0 aliphatic rings. The molecular weight excluding hydrogens is 350 g/mol. The molecule has 0 unspecified atom stereocenters. The molecule has 0 bridgehead atoms. The Balaban J connectivity index is 2.22. The zero-order valence-electron chi connectivity index (χ0n) is 15.6. The first-order valence-electron chi connectivity index (χ1n) is 8.58. The van der Waals surface area contributed by atoms with Crippen LogP contribution in [-0.4, -0.2) is 31.5 Å². The van der Waals surface area contributed by atoms with Crippen LogP contribution in [0.4, 0.5) is 0 Å². The molecule has 1 amide bonds. The summed E-state index contributed by atoms with van der Waals surface area (Å²) in [6, 6.07) is 14.4. The van der Waals surface area contributed by atoms with Gasteiger partial charge < -0.3 is 9.08 Å². The van der Waals surface area contributed by atoms with Gasteiger partial charge in [0, 0.05) is 18.2 Å². The zero-order chi connectivity index (χ0) is 19.3. The second kappa shape index (κ2) is 8.36. The highest BCUT2D eigenvalue weighted by Gasteiger charge is 2.19. The van der Waals surface area contributed by atoms with Gasteiger partial charge in [-0.15, -0.1) is 0 Å². The molecule has 26 heavy (non-hydrogen) atoms. The van der Waals surface area contributed by atoms with Crippen LogP contribution in [0, 0.1) is 0 Å². The summed E-state index contributed by atoms with van der Waals surface area (Å²) < 4.78 is 27.5. The molecule has 0 aliphatic heterocycles. The lowest BCUT2D eigenvalue weighted by Gasteiger charge is -2.27. The van der Waals surface area contributed by atoms with Gasteiger partial charge in [0.1, 0.15) is 5.75 Å². The van der Waals surface area contributed by atoms with E-state index < -0.39 is 10.1 Å². The molecule has 0 aromatic heterocycles. The third kappa shape index (κ3) is 5.59. The normalized spacial score (nSPS) is 11.4. The van der Waals surface area contributed by atoms with Gasteiger partial charge in [-0.25, -0.2) is 0 Å². The fourth-order valence-electron chi connectivity index (χ4n) is 2.60. The van der Waals surface area contributed by atoms with Crippen LogP contribution in [0.25, 0.3) is 0 Å². The van der Waals surface area contributed by atoms with Crippen LogP contribution >= 0.6 is 0 Å². The lowest BCUT2D eigenvalue weighted by atomic mass is 10.1. The molecule has 0 atom stereocenters. The molecule has 0 spiro atoms. The van der Waals surface area contributed by atoms with Gasteiger partial charge in [-0.3, -0.25) is 4.79 Å². The summed E-state index contributed by atoms with van der Waals surface area (Å²) in [6.45, 7) is 6.35. The van der Waals surface area contributed by atoms with Crippen molar-refractivity contribution in [3.63, 3.8) is 0 Å². The number of hydrogen-bond acceptors (Lipinski definition) is 4. The SMILES string of the molecule is CCc1ccc(C(=O)N(Cc2cccc(OS(C)(=O)=O)c2)C(C)C)cc1. The second-order valence-corrected chi connectivity index (χ2v) is 8.09. The Morgan fingerprint density at radius 3 is 2.27 bits per heavy atom. The fourth-order valence-corrected chi connectivity index (χ4v) is 3.06. The van der Waals surface area contributed by atoms with Crippen molar-refractivity contribution in [1.29, 1.82) is 0 Å². The Labute approximate surface area is 155 Å². The topological polar surface area (TPSA) is 63.7 Å². The largest absolute Gasteiger partial charge is 0.383 e. The summed E-state index contributed by atoms with van der Waals surface area (Å²) in [6.07, 6.45) is 1.93. The van der Waals surface area contributed by atoms with E-state index >= 15 is 0 Å². The van der Waals surface area contributed by atoms with Crippen molar-refractivity contribution < 1.29 is 17.4 Å². The molecule has 5 nitrogen and oxygen atoms in total. The predicted molar refractivity (Wildman–Crippen MR) is 103 cm³/mol. The van der Waals surface area contributed by atoms with Gasteiger partial charge in [-0.1, -0.05) is 31.2 Å². The maximum absolute atomic E-state index is 12.9. The standard InChI is InChI=1S/C20H25NO4S/c1-5-16-9-11-18(12-10-16)20(22)21(15(2)3)14-17-7-6-8-19(13-17)25-26(4,23)24/h6-13,15H,5,14H2,1-4H3. The molecule has 0 heterocycles. The van der Waals surface area contributed by atoms with Crippen molar-refractivity contribution >= 4 is 16.0 Å². The smallest absolute Gasteiger partial charge is 0.306 e.